The summed E-state index contributed by atoms with van der Waals surface area (Å²) in [6.45, 7) is -3.44. The van der Waals surface area contributed by atoms with E-state index in [1.165, 1.54) is 0 Å². The van der Waals surface area contributed by atoms with Crippen molar-refractivity contribution in [1.82, 2.24) is 21.3 Å². The molecule has 9 fully saturated rings. The molecule has 9 saturated heterocycles. The molecule has 9 aliphatic rings. The molecule has 758 valence electrons. The van der Waals surface area contributed by atoms with Crippen LogP contribution in [0.25, 0.3) is 0 Å². The van der Waals surface area contributed by atoms with Crippen molar-refractivity contribution in [3.05, 3.63) is 0 Å². The molecule has 9 aliphatic heterocycles. The first kappa shape index (κ1) is 109. The quantitative estimate of drug-likeness (QED) is 0.0257. The van der Waals surface area contributed by atoms with Crippen LogP contribution in [0.2, 0.25) is 0 Å². The lowest BCUT2D eigenvalue weighted by Gasteiger charge is -2.51. The molecule has 28 N–H and O–H groups in total. The van der Waals surface area contributed by atoms with E-state index in [9.17, 15) is 197 Å². The number of carbonyl (C=O) groups is 9. The van der Waals surface area contributed by atoms with Crippen LogP contribution in [0.3, 0.4) is 0 Å². The Hall–Kier alpha value is -6.57. The van der Waals surface area contributed by atoms with Gasteiger partial charge in [0.1, 0.15) is 177 Å². The van der Waals surface area contributed by atoms with Gasteiger partial charge in [0, 0.05) is 34.1 Å². The first-order valence-electron chi connectivity index (χ1n) is 38.1. The van der Waals surface area contributed by atoms with Crippen molar-refractivity contribution >= 4 is 95.1 Å². The Morgan fingerprint density at radius 2 is 0.477 bits per heavy atom. The van der Waals surface area contributed by atoms with Gasteiger partial charge in [0.25, 0.3) is 0 Å². The Bertz CT molecular complexity index is 4460. The van der Waals surface area contributed by atoms with Crippen molar-refractivity contribution in [1.29, 1.82) is 0 Å². The predicted octanol–water partition coefficient (Wildman–Crippen LogP) is -19.3. The molecule has 44 atom stereocenters. The van der Waals surface area contributed by atoms with Gasteiger partial charge in [0.2, 0.25) is 23.6 Å². The highest BCUT2D eigenvalue weighted by atomic mass is 32.3. The van der Waals surface area contributed by atoms with Crippen molar-refractivity contribution in [3.8, 4) is 0 Å². The minimum Gasteiger partial charge on any atom is -0.479 e. The first-order valence-corrected chi connectivity index (χ1v) is 43.6. The normalized spacial score (nSPS) is 43.1. The monoisotopic (exact) mass is 2010 g/mol. The van der Waals surface area contributed by atoms with Crippen molar-refractivity contribution < 1.29 is 294 Å². The Balaban J connectivity index is 0.942. The predicted molar refractivity (Wildman–Crippen MR) is 386 cm³/mol. The van der Waals surface area contributed by atoms with E-state index in [0.717, 1.165) is 13.8 Å². The average Bonchev–Trinajstić information content (AvgIpc) is 0.757. The summed E-state index contributed by atoms with van der Waals surface area (Å²) in [5.74, 6) is -15.2. The topological polar surface area (TPSA) is 1020 Å². The van der Waals surface area contributed by atoms with Crippen molar-refractivity contribution in [2.75, 3.05) is 26.4 Å². The van der Waals surface area contributed by atoms with Gasteiger partial charge in [-0.2, -0.15) is 33.7 Å². The minimum atomic E-state index is -5.74. The maximum atomic E-state index is 13.3. The summed E-state index contributed by atoms with van der Waals surface area (Å²) in [6.07, 6.45) is -103. The van der Waals surface area contributed by atoms with E-state index >= 15 is 0 Å². The molecule has 0 aromatic carbocycles. The second kappa shape index (κ2) is 44.5. The van der Waals surface area contributed by atoms with E-state index in [1.807, 2.05) is 10.6 Å². The lowest BCUT2D eigenvalue weighted by molar-refractivity contribution is -0.382. The molecular weight excluding hydrogens is 1920 g/mol. The number of amides is 4. The molecule has 66 nitrogen and oxygen atoms in total. The fraction of sp³-hybridized carbons (Fsp3) is 0.855. The zero-order valence-electron chi connectivity index (χ0n) is 67.3. The maximum absolute atomic E-state index is 13.3. The Labute approximate surface area is 738 Å². The summed E-state index contributed by atoms with van der Waals surface area (Å²) >= 11 is 0. The van der Waals surface area contributed by atoms with Gasteiger partial charge < -0.3 is 204 Å². The van der Waals surface area contributed by atoms with Crippen LogP contribution in [0, 0.1) is 0 Å². The van der Waals surface area contributed by atoms with Gasteiger partial charge in [-0.25, -0.2) is 40.7 Å². The molecule has 0 aromatic heterocycles. The zero-order valence-corrected chi connectivity index (χ0v) is 70.6. The van der Waals surface area contributed by atoms with Crippen LogP contribution in [0.15, 0.2) is 0 Å². The smallest absolute Gasteiger partial charge is 0.397 e. The highest BCUT2D eigenvalue weighted by molar-refractivity contribution is 7.81. The van der Waals surface area contributed by atoms with Gasteiger partial charge in [0.05, 0.1) is 32.5 Å². The number of ether oxygens (including phenoxy) is 17. The zero-order chi connectivity index (χ0) is 98.8. The van der Waals surface area contributed by atoms with Crippen LogP contribution >= 0.6 is 0 Å². The maximum Gasteiger partial charge on any atom is 0.397 e. The second-order valence-corrected chi connectivity index (χ2v) is 34.7. The third-order valence-corrected chi connectivity index (χ3v) is 22.6. The number of carboxylic acid groups (broad SMARTS) is 5. The van der Waals surface area contributed by atoms with Crippen LogP contribution in [0.5, 0.6) is 0 Å². The van der Waals surface area contributed by atoms with Gasteiger partial charge in [-0.3, -0.25) is 37.4 Å². The summed E-state index contributed by atoms with van der Waals surface area (Å²) in [4.78, 5) is 115. The van der Waals surface area contributed by atoms with Crippen LogP contribution in [0.4, 0.5) is 0 Å². The van der Waals surface area contributed by atoms with E-state index in [0.29, 0.717) is 13.8 Å². The number of carboxylic acids is 5. The van der Waals surface area contributed by atoms with Gasteiger partial charge in [-0.05, 0) is 0 Å². The number of aliphatic carboxylic acids is 5. The average molecular weight is 2020 g/mol. The van der Waals surface area contributed by atoms with Crippen molar-refractivity contribution in [2.24, 2.45) is 0 Å². The minimum absolute atomic E-state index is 0.701. The van der Waals surface area contributed by atoms with Gasteiger partial charge in [0.15, 0.2) is 87.1 Å². The molecule has 70 heteroatoms. The van der Waals surface area contributed by atoms with Crippen LogP contribution in [0.1, 0.15) is 34.1 Å². The Morgan fingerprint density at radius 1 is 0.265 bits per heavy atom. The van der Waals surface area contributed by atoms with E-state index in [2.05, 4.69) is 27.4 Å². The van der Waals surface area contributed by atoms with E-state index < -0.39 is 398 Å². The fourth-order valence-corrected chi connectivity index (χ4v) is 16.2. The number of rotatable bonds is 37. The van der Waals surface area contributed by atoms with E-state index in [1.54, 1.807) is 0 Å². The molecule has 0 aliphatic carbocycles. The lowest BCUT2D eigenvalue weighted by Crippen LogP contribution is -2.71. The van der Waals surface area contributed by atoms with Crippen LogP contribution in [-0.4, -0.2) is 504 Å². The Morgan fingerprint density at radius 3 is 0.689 bits per heavy atom. The van der Waals surface area contributed by atoms with Crippen molar-refractivity contribution in [3.63, 3.8) is 0 Å². The number of hydrogen-bond donors (Lipinski definition) is 28. The largest absolute Gasteiger partial charge is 0.479 e. The van der Waals surface area contributed by atoms with Gasteiger partial charge >= 0.3 is 71.4 Å². The van der Waals surface area contributed by atoms with Gasteiger partial charge in [-0.15, -0.1) is 0 Å². The molecule has 4 amide bonds. The van der Waals surface area contributed by atoms with Crippen LogP contribution in [-0.2, 0) is 182 Å². The highest BCUT2D eigenvalue weighted by Gasteiger charge is 2.63. The Kier molecular flexibility index (Phi) is 36.8. The van der Waals surface area contributed by atoms with Crippen LogP contribution < -0.4 is 21.3 Å². The standard InChI is InChI=1S/C62H94N4O62S4/c1-10(67)63-20-25(73)37(118-59-24(72)14(71)5-15(112-59)49(85)86)16(6-108-129(96,97)98)113-56(20)123-42-30(78)34(82)61(126-46(42)51(89)90)120-39-18(8-110-131(102,103)104)115-58(22(27(39)75)65-12(3)69)125-44-32(80)36(84)62(128-48(44)53(93)94)121-40-19(9-111-132(105,106)107)116-57(23(28(40)76)66-13(4)70)124-43-31(79)35(83)60(127-47(43)52(91)92)119-38-17(7-109-130(99,100)101)114-55(21(26(38)74)64-11(2)68)122-41-29(77)33(81)54(95)117-45(41)50(87)88/h14-48,54-62,71-84,95H,5-9H2,1-4H3,(H,63,67)(H,64,68)(H,65,69)(H,66,70)(H,85,86)(H,87,88)(H,89,90)(H,91,92)(H,93,94)(H,96,97,98)(H,99,100,101)(H,102,103,104)(H,105,106,107)/t14-,15?,16?,17?,18?,19?,20?,21?,22?,23?,24?,25+,26+,27+,28+,29+,30+,31+,32+,33?,34?,35?,36?,37+,38+,39+,40+,41-,42-,43-,44-,45?,46?,47?,48?,54+,55?,56?,57?,58?,59-,60+,61+,62+/m0/s1. The summed E-state index contributed by atoms with van der Waals surface area (Å²) in [5, 5.41) is 231. The summed E-state index contributed by atoms with van der Waals surface area (Å²) in [6, 6.07) is -9.16. The molecule has 9 rings (SSSR count). The van der Waals surface area contributed by atoms with E-state index in [4.69, 9.17) is 80.5 Å². The third-order valence-electron chi connectivity index (χ3n) is 20.9. The number of aliphatic hydroxyl groups is 15. The molecular formula is C62H94N4O62S4. The number of carbonyl (C=O) groups excluding carboxylic acids is 4. The molecule has 22 unspecified atom stereocenters. The summed E-state index contributed by atoms with van der Waals surface area (Å²) in [5.41, 5.74) is 0. The first-order chi connectivity index (χ1) is 61.1. The molecule has 0 radical (unpaired) electrons. The number of aliphatic hydroxyl groups excluding tert-OH is 15. The molecule has 0 spiro atoms. The highest BCUT2D eigenvalue weighted by Crippen LogP contribution is 2.41. The summed E-state index contributed by atoms with van der Waals surface area (Å²) in [7, 11) is -22.6. The third kappa shape index (κ3) is 27.1. The lowest BCUT2D eigenvalue weighted by atomic mass is 9.93. The molecule has 0 bridgehead atoms. The molecule has 0 saturated carbocycles. The van der Waals surface area contributed by atoms with Crippen molar-refractivity contribution in [2.45, 2.75) is 304 Å². The molecule has 132 heavy (non-hydrogen) atoms. The number of hydrogen-bond acceptors (Lipinski definition) is 53. The molecule has 0 aromatic rings. The second-order valence-electron chi connectivity index (χ2n) is 30.3. The van der Waals surface area contributed by atoms with Gasteiger partial charge in [-0.1, -0.05) is 0 Å². The number of nitrogens with one attached hydrogen (secondary N) is 4. The fourth-order valence-electron chi connectivity index (χ4n) is 15.0. The summed E-state index contributed by atoms with van der Waals surface area (Å²) < 4.78 is 247. The van der Waals surface area contributed by atoms with E-state index in [-0.39, 0.29) is 0 Å². The molecule has 9 heterocycles. The SMILES string of the molecule is CC(=O)NC1C(O[C@@H]2C(C(=O)O)O[C@@H](O[C@@H]3C(COS(=O)(=O)O)OC(O[C@@H]4C(C(=O)O)O[C@@H](O)C(O)[C@H]4O)C(NC(C)=O)[C@H]3O)C(O)[C@H]2O)OC(COS(=O)(=O)O)[C@@H](O[C@@H]2OC(C(=O)O)[C@@H](OC3OC(COS(=O)(=O)O)[C@@H](O[C@@H]4OC(C(=O)O)[C@@H](OC5OC(COS(=O)(=O)O)[C@@H](O[C@@H]6OC(C(=O)O)C[C@H](O)C6O)[C@H](O)C5NC(C)=O)[C@H](O)C4O)[C@H](O)C3NC(C)=O)[C@H](O)C2O)[C@@H]1O.